The zero-order valence-electron chi connectivity index (χ0n) is 10.4. The number of carbonyl (C=O) groups is 1. The highest BCUT2D eigenvalue weighted by atomic mass is 16.1. The molecule has 1 heterocycles. The predicted octanol–water partition coefficient (Wildman–Crippen LogP) is 1.97. The van der Waals surface area contributed by atoms with Crippen molar-refractivity contribution in [3.63, 3.8) is 0 Å². The SMILES string of the molecule is CC1(C)CCCC1NC(=O)c1cnccc1N. The van der Waals surface area contributed by atoms with Gasteiger partial charge < -0.3 is 11.1 Å². The van der Waals surface area contributed by atoms with Crippen molar-refractivity contribution in [1.82, 2.24) is 10.3 Å². The fraction of sp³-hybridized carbons (Fsp3) is 0.538. The van der Waals surface area contributed by atoms with Gasteiger partial charge in [-0.05, 0) is 24.3 Å². The Bertz CT molecular complexity index is 428. The molecule has 1 aliphatic rings. The van der Waals surface area contributed by atoms with E-state index < -0.39 is 0 Å². The lowest BCUT2D eigenvalue weighted by Crippen LogP contribution is -2.41. The second kappa shape index (κ2) is 4.35. The first kappa shape index (κ1) is 11.9. The molecule has 2 rings (SSSR count). The van der Waals surface area contributed by atoms with Gasteiger partial charge in [-0.1, -0.05) is 20.3 Å². The Morgan fingerprint density at radius 1 is 1.59 bits per heavy atom. The molecule has 0 aliphatic heterocycles. The number of pyridine rings is 1. The van der Waals surface area contributed by atoms with Crippen LogP contribution in [0.1, 0.15) is 43.5 Å². The lowest BCUT2D eigenvalue weighted by molar-refractivity contribution is 0.0910. The first-order chi connectivity index (χ1) is 8.00. The van der Waals surface area contributed by atoms with Gasteiger partial charge in [-0.15, -0.1) is 0 Å². The van der Waals surface area contributed by atoms with Crippen LogP contribution < -0.4 is 11.1 Å². The van der Waals surface area contributed by atoms with E-state index in [1.807, 2.05) is 0 Å². The van der Waals surface area contributed by atoms with Crippen molar-refractivity contribution in [2.24, 2.45) is 5.41 Å². The van der Waals surface area contributed by atoms with Crippen LogP contribution in [0, 0.1) is 5.41 Å². The second-order valence-corrected chi connectivity index (χ2v) is 5.37. The van der Waals surface area contributed by atoms with Gasteiger partial charge in [0.05, 0.1) is 5.56 Å². The summed E-state index contributed by atoms with van der Waals surface area (Å²) in [6, 6.07) is 1.88. The maximum atomic E-state index is 12.1. The average Bonchev–Trinajstić information content (AvgIpc) is 2.59. The van der Waals surface area contributed by atoms with E-state index in [2.05, 4.69) is 24.1 Å². The minimum absolute atomic E-state index is 0.115. The van der Waals surface area contributed by atoms with Crippen molar-refractivity contribution in [2.75, 3.05) is 5.73 Å². The van der Waals surface area contributed by atoms with Crippen LogP contribution in [0.2, 0.25) is 0 Å². The summed E-state index contributed by atoms with van der Waals surface area (Å²) >= 11 is 0. The number of anilines is 1. The van der Waals surface area contributed by atoms with Gasteiger partial charge in [0.15, 0.2) is 0 Å². The largest absolute Gasteiger partial charge is 0.398 e. The van der Waals surface area contributed by atoms with Crippen molar-refractivity contribution in [3.05, 3.63) is 24.0 Å². The molecular formula is C13H19N3O. The molecule has 4 nitrogen and oxygen atoms in total. The smallest absolute Gasteiger partial charge is 0.255 e. The van der Waals surface area contributed by atoms with E-state index in [1.54, 1.807) is 12.3 Å². The van der Waals surface area contributed by atoms with Crippen LogP contribution in [-0.4, -0.2) is 16.9 Å². The molecule has 0 aromatic carbocycles. The molecule has 1 saturated carbocycles. The topological polar surface area (TPSA) is 68.0 Å². The summed E-state index contributed by atoms with van der Waals surface area (Å²) in [5.74, 6) is -0.115. The van der Waals surface area contributed by atoms with Crippen molar-refractivity contribution < 1.29 is 4.79 Å². The number of rotatable bonds is 2. The molecule has 1 aromatic rings. The van der Waals surface area contributed by atoms with Crippen molar-refractivity contribution in [1.29, 1.82) is 0 Å². The van der Waals surface area contributed by atoms with E-state index in [9.17, 15) is 4.79 Å². The number of nitrogen functional groups attached to an aromatic ring is 1. The van der Waals surface area contributed by atoms with Gasteiger partial charge in [-0.25, -0.2) is 0 Å². The predicted molar refractivity (Wildman–Crippen MR) is 67.5 cm³/mol. The van der Waals surface area contributed by atoms with Gasteiger partial charge >= 0.3 is 0 Å². The molecular weight excluding hydrogens is 214 g/mol. The monoisotopic (exact) mass is 233 g/mol. The fourth-order valence-electron chi connectivity index (χ4n) is 2.43. The van der Waals surface area contributed by atoms with E-state index in [0.717, 1.165) is 12.8 Å². The summed E-state index contributed by atoms with van der Waals surface area (Å²) < 4.78 is 0. The molecule has 17 heavy (non-hydrogen) atoms. The van der Waals surface area contributed by atoms with E-state index in [4.69, 9.17) is 5.73 Å². The van der Waals surface area contributed by atoms with E-state index in [-0.39, 0.29) is 17.4 Å². The standard InChI is InChI=1S/C13H19N3O/c1-13(2)6-3-4-11(13)16-12(17)9-8-15-7-5-10(9)14/h5,7-8,11H,3-4,6H2,1-2H3,(H2,14,15)(H,16,17). The van der Waals surface area contributed by atoms with Gasteiger partial charge in [0.2, 0.25) is 0 Å². The van der Waals surface area contributed by atoms with Crippen LogP contribution in [-0.2, 0) is 0 Å². The summed E-state index contributed by atoms with van der Waals surface area (Å²) in [6.45, 7) is 4.38. The van der Waals surface area contributed by atoms with Crippen LogP contribution in [0.3, 0.4) is 0 Å². The van der Waals surface area contributed by atoms with Gasteiger partial charge in [-0.3, -0.25) is 9.78 Å². The number of aromatic nitrogens is 1. The van der Waals surface area contributed by atoms with Crippen molar-refractivity contribution >= 4 is 11.6 Å². The zero-order chi connectivity index (χ0) is 12.5. The number of nitrogens with two attached hydrogens (primary N) is 1. The highest BCUT2D eigenvalue weighted by Crippen LogP contribution is 2.37. The third kappa shape index (κ3) is 2.40. The minimum atomic E-state index is -0.115. The van der Waals surface area contributed by atoms with Gasteiger partial charge in [0.25, 0.3) is 5.91 Å². The van der Waals surface area contributed by atoms with Crippen LogP contribution >= 0.6 is 0 Å². The molecule has 1 fully saturated rings. The third-order valence-electron chi connectivity index (χ3n) is 3.66. The zero-order valence-corrected chi connectivity index (χ0v) is 10.4. The molecule has 0 bridgehead atoms. The van der Waals surface area contributed by atoms with Crippen LogP contribution in [0.4, 0.5) is 5.69 Å². The maximum absolute atomic E-state index is 12.1. The van der Waals surface area contributed by atoms with Crippen LogP contribution in [0.15, 0.2) is 18.5 Å². The summed E-state index contributed by atoms with van der Waals surface area (Å²) in [7, 11) is 0. The Kier molecular flexibility index (Phi) is 3.05. The summed E-state index contributed by atoms with van der Waals surface area (Å²) in [5.41, 5.74) is 6.88. The van der Waals surface area contributed by atoms with E-state index >= 15 is 0 Å². The van der Waals surface area contributed by atoms with Crippen molar-refractivity contribution in [2.45, 2.75) is 39.2 Å². The Balaban J connectivity index is 2.10. The number of nitrogens with one attached hydrogen (secondary N) is 1. The van der Waals surface area contributed by atoms with E-state index in [1.165, 1.54) is 12.6 Å². The third-order valence-corrected chi connectivity index (χ3v) is 3.66. The highest BCUT2D eigenvalue weighted by molar-refractivity contribution is 5.98. The molecule has 92 valence electrons. The molecule has 3 N–H and O–H groups in total. The van der Waals surface area contributed by atoms with Crippen molar-refractivity contribution in [3.8, 4) is 0 Å². The lowest BCUT2D eigenvalue weighted by Gasteiger charge is -2.27. The first-order valence-electron chi connectivity index (χ1n) is 6.01. The van der Waals surface area contributed by atoms with Crippen LogP contribution in [0.5, 0.6) is 0 Å². The second-order valence-electron chi connectivity index (χ2n) is 5.37. The van der Waals surface area contributed by atoms with Gasteiger partial charge in [0.1, 0.15) is 0 Å². The normalized spacial score (nSPS) is 22.4. The molecule has 4 heteroatoms. The molecule has 1 amide bonds. The minimum Gasteiger partial charge on any atom is -0.398 e. The number of nitrogens with zero attached hydrogens (tertiary/aromatic N) is 1. The van der Waals surface area contributed by atoms with Crippen LogP contribution in [0.25, 0.3) is 0 Å². The highest BCUT2D eigenvalue weighted by Gasteiger charge is 2.35. The number of hydrogen-bond acceptors (Lipinski definition) is 3. The van der Waals surface area contributed by atoms with Gasteiger partial charge in [0, 0.05) is 24.1 Å². The number of amides is 1. The number of carbonyl (C=O) groups excluding carboxylic acids is 1. The molecule has 0 spiro atoms. The maximum Gasteiger partial charge on any atom is 0.255 e. The first-order valence-corrected chi connectivity index (χ1v) is 6.01. The molecule has 0 saturated heterocycles. The summed E-state index contributed by atoms with van der Waals surface area (Å²) in [6.07, 6.45) is 6.47. The lowest BCUT2D eigenvalue weighted by atomic mass is 9.87. The average molecular weight is 233 g/mol. The fourth-order valence-corrected chi connectivity index (χ4v) is 2.43. The van der Waals surface area contributed by atoms with Gasteiger partial charge in [-0.2, -0.15) is 0 Å². The number of hydrogen-bond donors (Lipinski definition) is 2. The Morgan fingerprint density at radius 2 is 2.35 bits per heavy atom. The molecule has 1 unspecified atom stereocenters. The Labute approximate surface area is 102 Å². The Morgan fingerprint density at radius 3 is 2.94 bits per heavy atom. The summed E-state index contributed by atoms with van der Waals surface area (Å²) in [4.78, 5) is 16.0. The molecule has 0 radical (unpaired) electrons. The Hall–Kier alpha value is -1.58. The summed E-state index contributed by atoms with van der Waals surface area (Å²) in [5, 5.41) is 3.07. The molecule has 1 aromatic heterocycles. The molecule has 1 atom stereocenters. The van der Waals surface area contributed by atoms with E-state index in [0.29, 0.717) is 11.3 Å². The molecule has 1 aliphatic carbocycles. The quantitative estimate of drug-likeness (QED) is 0.820.